The maximum atomic E-state index is 13.4. The number of aromatic nitrogens is 1. The second kappa shape index (κ2) is 8.58. The Morgan fingerprint density at radius 2 is 1.77 bits per heavy atom. The summed E-state index contributed by atoms with van der Waals surface area (Å²) in [6.45, 7) is 1.31. The third-order valence-electron chi connectivity index (χ3n) is 6.94. The molecule has 0 spiro atoms. The maximum absolute atomic E-state index is 13.4. The number of nitrogens with zero attached hydrogens (tertiary/aromatic N) is 1. The van der Waals surface area contributed by atoms with Gasteiger partial charge >= 0.3 is 0 Å². The minimum absolute atomic E-state index is 0.0328. The molecule has 2 heterocycles. The summed E-state index contributed by atoms with van der Waals surface area (Å²) in [5, 5.41) is 4.33. The Hall–Kier alpha value is -3.08. The average molecular weight is 416 g/mol. The Kier molecular flexibility index (Phi) is 5.49. The number of aromatic amines is 1. The van der Waals surface area contributed by atoms with Gasteiger partial charge in [0.15, 0.2) is 0 Å². The van der Waals surface area contributed by atoms with Crippen molar-refractivity contribution in [2.75, 3.05) is 18.0 Å². The van der Waals surface area contributed by atoms with Crippen LogP contribution in [0.3, 0.4) is 0 Å². The number of para-hydroxylation sites is 2. The molecule has 2 atom stereocenters. The van der Waals surface area contributed by atoms with Gasteiger partial charge in [-0.2, -0.15) is 0 Å². The van der Waals surface area contributed by atoms with Crippen LogP contribution >= 0.6 is 0 Å². The van der Waals surface area contributed by atoms with E-state index >= 15 is 0 Å². The van der Waals surface area contributed by atoms with Gasteiger partial charge in [-0.3, -0.25) is 9.59 Å². The van der Waals surface area contributed by atoms with Crippen LogP contribution in [0.4, 0.5) is 5.69 Å². The van der Waals surface area contributed by atoms with Crippen LogP contribution in [0.25, 0.3) is 10.9 Å². The molecule has 160 valence electrons. The average Bonchev–Trinajstić information content (AvgIpc) is 3.43. The zero-order valence-electron chi connectivity index (χ0n) is 17.8. The van der Waals surface area contributed by atoms with E-state index in [1.165, 1.54) is 16.5 Å². The van der Waals surface area contributed by atoms with Crippen LogP contribution in [0.1, 0.15) is 36.8 Å². The number of H-pyrrole nitrogens is 1. The van der Waals surface area contributed by atoms with Crippen molar-refractivity contribution in [1.82, 2.24) is 10.3 Å². The number of benzene rings is 2. The van der Waals surface area contributed by atoms with Gasteiger partial charge in [0.2, 0.25) is 11.8 Å². The topological polar surface area (TPSA) is 65.2 Å². The van der Waals surface area contributed by atoms with Crippen molar-refractivity contribution in [2.45, 2.75) is 38.5 Å². The van der Waals surface area contributed by atoms with Crippen LogP contribution in [0.15, 0.2) is 54.7 Å². The predicted octanol–water partition coefficient (Wildman–Crippen LogP) is 4.22. The summed E-state index contributed by atoms with van der Waals surface area (Å²) in [7, 11) is 0. The Balaban J connectivity index is 1.24. The zero-order valence-corrected chi connectivity index (χ0v) is 17.8. The quantitative estimate of drug-likeness (QED) is 0.655. The van der Waals surface area contributed by atoms with E-state index in [1.54, 1.807) is 0 Å². The predicted molar refractivity (Wildman–Crippen MR) is 123 cm³/mol. The summed E-state index contributed by atoms with van der Waals surface area (Å²) >= 11 is 0. The number of carbonyl (C=O) groups is 2. The first kappa shape index (κ1) is 19.9. The Morgan fingerprint density at radius 1 is 1.00 bits per heavy atom. The van der Waals surface area contributed by atoms with Crippen molar-refractivity contribution in [3.63, 3.8) is 0 Å². The molecule has 0 unspecified atom stereocenters. The summed E-state index contributed by atoms with van der Waals surface area (Å²) in [6.07, 6.45) is 7.33. The lowest BCUT2D eigenvalue weighted by molar-refractivity contribution is -0.135. The smallest absolute Gasteiger partial charge is 0.230 e. The molecule has 0 radical (unpaired) electrons. The van der Waals surface area contributed by atoms with E-state index in [-0.39, 0.29) is 23.7 Å². The third-order valence-corrected chi connectivity index (χ3v) is 6.94. The van der Waals surface area contributed by atoms with E-state index in [1.807, 2.05) is 41.4 Å². The van der Waals surface area contributed by atoms with Gasteiger partial charge in [-0.05, 0) is 48.9 Å². The number of hydrogen-bond acceptors (Lipinski definition) is 2. The molecule has 1 aliphatic carbocycles. The summed E-state index contributed by atoms with van der Waals surface area (Å²) in [4.78, 5) is 31.7. The first-order chi connectivity index (χ1) is 15.2. The Bertz CT molecular complexity index is 1100. The van der Waals surface area contributed by atoms with E-state index in [4.69, 9.17) is 0 Å². The standard InChI is InChI=1S/C26H29N3O2/c30-25(27-15-13-19-17-28-23-11-5-4-8-20(19)23)21-9-2-3-10-22(21)26(31)29-16-14-18-7-1-6-12-24(18)29/h1,4-8,11-12,17,21-22,28H,2-3,9-10,13-16H2,(H,27,30)/t21-,22+/m1/s1. The fourth-order valence-electron chi connectivity index (χ4n) is 5.30. The molecule has 1 aliphatic heterocycles. The summed E-state index contributed by atoms with van der Waals surface area (Å²) in [5.41, 5.74) is 4.58. The summed E-state index contributed by atoms with van der Waals surface area (Å²) in [6, 6.07) is 16.4. The highest BCUT2D eigenvalue weighted by Gasteiger charge is 2.39. The van der Waals surface area contributed by atoms with E-state index in [0.29, 0.717) is 6.54 Å². The van der Waals surface area contributed by atoms with Gasteiger partial charge in [-0.25, -0.2) is 0 Å². The number of amides is 2. The summed E-state index contributed by atoms with van der Waals surface area (Å²) in [5.74, 6) is -0.281. The fraction of sp³-hybridized carbons (Fsp3) is 0.385. The molecule has 5 rings (SSSR count). The molecule has 0 saturated heterocycles. The molecule has 5 heteroatoms. The van der Waals surface area contributed by atoms with E-state index in [0.717, 1.165) is 56.3 Å². The van der Waals surface area contributed by atoms with Crippen molar-refractivity contribution < 1.29 is 9.59 Å². The van der Waals surface area contributed by atoms with Gasteiger partial charge in [-0.1, -0.05) is 49.2 Å². The number of anilines is 1. The highest BCUT2D eigenvalue weighted by molar-refractivity contribution is 5.99. The molecular formula is C26H29N3O2. The van der Waals surface area contributed by atoms with Gasteiger partial charge in [0.25, 0.3) is 0 Å². The van der Waals surface area contributed by atoms with Gasteiger partial charge in [-0.15, -0.1) is 0 Å². The fourth-order valence-corrected chi connectivity index (χ4v) is 5.30. The van der Waals surface area contributed by atoms with Crippen molar-refractivity contribution in [2.24, 2.45) is 11.8 Å². The third kappa shape index (κ3) is 3.85. The lowest BCUT2D eigenvalue weighted by Crippen LogP contribution is -2.45. The Labute approximate surface area is 182 Å². The van der Waals surface area contributed by atoms with Crippen molar-refractivity contribution >= 4 is 28.4 Å². The number of fused-ring (bicyclic) bond motifs is 2. The second-order valence-corrected chi connectivity index (χ2v) is 8.77. The maximum Gasteiger partial charge on any atom is 0.230 e. The highest BCUT2D eigenvalue weighted by atomic mass is 16.2. The highest BCUT2D eigenvalue weighted by Crippen LogP contribution is 2.36. The van der Waals surface area contributed by atoms with Crippen LogP contribution in [0.5, 0.6) is 0 Å². The number of rotatable bonds is 5. The number of carbonyl (C=O) groups excluding carboxylic acids is 2. The molecule has 2 amide bonds. The van der Waals surface area contributed by atoms with E-state index < -0.39 is 0 Å². The molecular weight excluding hydrogens is 386 g/mol. The second-order valence-electron chi connectivity index (χ2n) is 8.77. The molecule has 2 N–H and O–H groups in total. The lowest BCUT2D eigenvalue weighted by Gasteiger charge is -2.32. The molecule has 0 bridgehead atoms. The normalized spacial score (nSPS) is 20.6. The van der Waals surface area contributed by atoms with Gasteiger partial charge < -0.3 is 15.2 Å². The lowest BCUT2D eigenvalue weighted by atomic mass is 9.77. The van der Waals surface area contributed by atoms with Crippen molar-refractivity contribution in [3.8, 4) is 0 Å². The largest absolute Gasteiger partial charge is 0.361 e. The van der Waals surface area contributed by atoms with Gasteiger partial charge in [0, 0.05) is 41.8 Å². The molecule has 1 saturated carbocycles. The van der Waals surface area contributed by atoms with Crippen LogP contribution < -0.4 is 10.2 Å². The van der Waals surface area contributed by atoms with Gasteiger partial charge in [0.05, 0.1) is 5.92 Å². The molecule has 2 aliphatic rings. The molecule has 1 fully saturated rings. The Morgan fingerprint density at radius 3 is 2.68 bits per heavy atom. The number of hydrogen-bond donors (Lipinski definition) is 2. The van der Waals surface area contributed by atoms with Crippen LogP contribution in [0.2, 0.25) is 0 Å². The van der Waals surface area contributed by atoms with Crippen molar-refractivity contribution in [3.05, 3.63) is 65.9 Å². The molecule has 1 aromatic heterocycles. The minimum Gasteiger partial charge on any atom is -0.361 e. The molecule has 5 nitrogen and oxygen atoms in total. The molecule has 31 heavy (non-hydrogen) atoms. The van der Waals surface area contributed by atoms with Crippen LogP contribution in [-0.2, 0) is 22.4 Å². The SMILES string of the molecule is O=C(NCCc1c[nH]c2ccccc12)[C@@H]1CCCC[C@@H]1C(=O)N1CCc2ccccc21. The first-order valence-corrected chi connectivity index (χ1v) is 11.4. The monoisotopic (exact) mass is 415 g/mol. The first-order valence-electron chi connectivity index (χ1n) is 11.4. The molecule has 3 aromatic rings. The van der Waals surface area contributed by atoms with Gasteiger partial charge in [0.1, 0.15) is 0 Å². The van der Waals surface area contributed by atoms with E-state index in [9.17, 15) is 9.59 Å². The van der Waals surface area contributed by atoms with E-state index in [2.05, 4.69) is 28.5 Å². The molecule has 2 aromatic carbocycles. The van der Waals surface area contributed by atoms with Crippen molar-refractivity contribution in [1.29, 1.82) is 0 Å². The van der Waals surface area contributed by atoms with Crippen LogP contribution in [0, 0.1) is 11.8 Å². The number of nitrogens with one attached hydrogen (secondary N) is 2. The zero-order chi connectivity index (χ0) is 21.2. The van der Waals surface area contributed by atoms with Crippen LogP contribution in [-0.4, -0.2) is 29.9 Å². The summed E-state index contributed by atoms with van der Waals surface area (Å²) < 4.78 is 0. The minimum atomic E-state index is -0.225.